The molecule has 0 radical (unpaired) electrons. The molecule has 0 bridgehead atoms. The van der Waals surface area contributed by atoms with Crippen LogP contribution in [0.1, 0.15) is 42.6 Å². The third-order valence-electron chi connectivity index (χ3n) is 4.79. The Bertz CT molecular complexity index is 915. The summed E-state index contributed by atoms with van der Waals surface area (Å²) >= 11 is 0. The number of rotatable bonds is 2. The molecule has 1 fully saturated rings. The second kappa shape index (κ2) is 8.29. The van der Waals surface area contributed by atoms with Crippen molar-refractivity contribution in [2.75, 3.05) is 13.1 Å². The van der Waals surface area contributed by atoms with Gasteiger partial charge in [0.25, 0.3) is 5.91 Å². The number of halogens is 1. The highest BCUT2D eigenvalue weighted by atomic mass is 19.1. The van der Waals surface area contributed by atoms with E-state index in [2.05, 4.69) is 9.97 Å². The molecule has 0 spiro atoms. The van der Waals surface area contributed by atoms with Gasteiger partial charge in [-0.15, -0.1) is 0 Å². The van der Waals surface area contributed by atoms with E-state index in [4.69, 9.17) is 0 Å². The standard InChI is InChI=1S/C19H19FN4O.C2H6/c1-13-11-24(16-9-21-12-22-10-16)18-3-2-14(8-17(13)18)19(25)23-6-4-15(20)5-7-23;1-2/h2-3,8-12,15H,4-7H2,1H3;1-2H3. The summed E-state index contributed by atoms with van der Waals surface area (Å²) in [6.45, 7) is 6.99. The van der Waals surface area contributed by atoms with Gasteiger partial charge in [-0.3, -0.25) is 4.79 Å². The molecular formula is C21H25FN4O. The maximum atomic E-state index is 13.3. The van der Waals surface area contributed by atoms with Crippen LogP contribution in [0.4, 0.5) is 4.39 Å². The van der Waals surface area contributed by atoms with Crippen LogP contribution in [0.5, 0.6) is 0 Å². The predicted molar refractivity (Wildman–Crippen MR) is 105 cm³/mol. The van der Waals surface area contributed by atoms with Crippen LogP contribution < -0.4 is 0 Å². The van der Waals surface area contributed by atoms with Crippen molar-refractivity contribution in [3.05, 3.63) is 54.2 Å². The van der Waals surface area contributed by atoms with Crippen molar-refractivity contribution in [2.24, 2.45) is 0 Å². The summed E-state index contributed by atoms with van der Waals surface area (Å²) in [5.41, 5.74) is 3.61. The molecule has 3 aromatic rings. The Morgan fingerprint density at radius 2 is 1.81 bits per heavy atom. The SMILES string of the molecule is CC.Cc1cn(-c2cncnc2)c2ccc(C(=O)N3CCC(F)CC3)cc12. The highest BCUT2D eigenvalue weighted by Gasteiger charge is 2.23. The first-order valence-electron chi connectivity index (χ1n) is 9.44. The molecule has 1 aliphatic heterocycles. The van der Waals surface area contributed by atoms with Gasteiger partial charge >= 0.3 is 0 Å². The molecule has 0 N–H and O–H groups in total. The van der Waals surface area contributed by atoms with E-state index in [1.54, 1.807) is 17.3 Å². The fourth-order valence-corrected chi connectivity index (χ4v) is 3.39. The summed E-state index contributed by atoms with van der Waals surface area (Å²) < 4.78 is 15.3. The number of aryl methyl sites for hydroxylation is 1. The van der Waals surface area contributed by atoms with Gasteiger partial charge in [-0.05, 0) is 43.5 Å². The van der Waals surface area contributed by atoms with Crippen molar-refractivity contribution in [3.63, 3.8) is 0 Å². The topological polar surface area (TPSA) is 51.0 Å². The first kappa shape index (κ1) is 19.0. The third-order valence-corrected chi connectivity index (χ3v) is 4.79. The zero-order valence-corrected chi connectivity index (χ0v) is 16.0. The molecule has 1 saturated heterocycles. The Balaban J connectivity index is 0.00000102. The second-order valence-electron chi connectivity index (χ2n) is 6.48. The van der Waals surface area contributed by atoms with E-state index in [9.17, 15) is 9.18 Å². The van der Waals surface area contributed by atoms with Gasteiger partial charge in [0.05, 0.1) is 23.6 Å². The van der Waals surface area contributed by atoms with Gasteiger partial charge in [-0.2, -0.15) is 0 Å². The number of benzene rings is 1. The maximum absolute atomic E-state index is 13.3. The molecule has 3 heterocycles. The van der Waals surface area contributed by atoms with E-state index < -0.39 is 6.17 Å². The summed E-state index contributed by atoms with van der Waals surface area (Å²) in [5.74, 6) is -0.0241. The normalized spacial score (nSPS) is 14.7. The van der Waals surface area contributed by atoms with E-state index in [-0.39, 0.29) is 5.91 Å². The highest BCUT2D eigenvalue weighted by molar-refractivity contribution is 5.99. The smallest absolute Gasteiger partial charge is 0.253 e. The van der Waals surface area contributed by atoms with Gasteiger partial charge in [0.15, 0.2) is 0 Å². The van der Waals surface area contributed by atoms with Crippen LogP contribution in [0.15, 0.2) is 43.1 Å². The summed E-state index contributed by atoms with van der Waals surface area (Å²) in [5, 5.41) is 1.02. The van der Waals surface area contributed by atoms with E-state index in [0.29, 0.717) is 31.5 Å². The molecule has 142 valence electrons. The molecule has 27 heavy (non-hydrogen) atoms. The van der Waals surface area contributed by atoms with E-state index >= 15 is 0 Å². The Morgan fingerprint density at radius 3 is 2.48 bits per heavy atom. The largest absolute Gasteiger partial charge is 0.338 e. The number of aromatic nitrogens is 3. The number of likely N-dealkylation sites (tertiary alicyclic amines) is 1. The average molecular weight is 368 g/mol. The number of alkyl halides is 1. The lowest BCUT2D eigenvalue weighted by Crippen LogP contribution is -2.39. The molecule has 6 heteroatoms. The molecule has 1 aromatic carbocycles. The Morgan fingerprint density at radius 1 is 1.15 bits per heavy atom. The third kappa shape index (κ3) is 3.84. The number of nitrogens with zero attached hydrogens (tertiary/aromatic N) is 4. The van der Waals surface area contributed by atoms with Crippen molar-refractivity contribution < 1.29 is 9.18 Å². The molecule has 2 aromatic heterocycles. The van der Waals surface area contributed by atoms with Crippen molar-refractivity contribution >= 4 is 16.8 Å². The number of carbonyl (C=O) groups excluding carboxylic acids is 1. The lowest BCUT2D eigenvalue weighted by molar-refractivity contribution is 0.0667. The molecular weight excluding hydrogens is 343 g/mol. The zero-order chi connectivity index (χ0) is 19.4. The lowest BCUT2D eigenvalue weighted by Gasteiger charge is -2.28. The Labute approximate surface area is 158 Å². The first-order chi connectivity index (χ1) is 13.1. The minimum Gasteiger partial charge on any atom is -0.338 e. The number of hydrogen-bond acceptors (Lipinski definition) is 3. The summed E-state index contributed by atoms with van der Waals surface area (Å²) in [4.78, 5) is 22.6. The number of hydrogen-bond donors (Lipinski definition) is 0. The molecule has 1 aliphatic rings. The average Bonchev–Trinajstić information content (AvgIpc) is 3.06. The van der Waals surface area contributed by atoms with Crippen LogP contribution in [0.3, 0.4) is 0 Å². The zero-order valence-electron chi connectivity index (χ0n) is 16.0. The van der Waals surface area contributed by atoms with Crippen LogP contribution in [0.2, 0.25) is 0 Å². The summed E-state index contributed by atoms with van der Waals surface area (Å²) in [6.07, 6.45) is 7.11. The molecule has 5 nitrogen and oxygen atoms in total. The molecule has 0 atom stereocenters. The minimum absolute atomic E-state index is 0.0241. The van der Waals surface area contributed by atoms with Gasteiger partial charge < -0.3 is 9.47 Å². The van der Waals surface area contributed by atoms with Gasteiger partial charge in [0, 0.05) is 30.2 Å². The lowest BCUT2D eigenvalue weighted by atomic mass is 10.1. The Kier molecular flexibility index (Phi) is 5.84. The van der Waals surface area contributed by atoms with E-state index in [0.717, 1.165) is 22.2 Å². The van der Waals surface area contributed by atoms with Gasteiger partial charge in [-0.25, -0.2) is 14.4 Å². The van der Waals surface area contributed by atoms with E-state index in [1.807, 2.05) is 49.7 Å². The quantitative estimate of drug-likeness (QED) is 0.676. The van der Waals surface area contributed by atoms with Gasteiger partial charge in [0.2, 0.25) is 0 Å². The second-order valence-corrected chi connectivity index (χ2v) is 6.48. The maximum Gasteiger partial charge on any atom is 0.253 e. The summed E-state index contributed by atoms with van der Waals surface area (Å²) in [6, 6.07) is 5.71. The van der Waals surface area contributed by atoms with Crippen molar-refractivity contribution in [3.8, 4) is 5.69 Å². The molecule has 0 aliphatic carbocycles. The number of piperidine rings is 1. The number of amides is 1. The van der Waals surface area contributed by atoms with Crippen LogP contribution >= 0.6 is 0 Å². The van der Waals surface area contributed by atoms with Crippen LogP contribution in [-0.2, 0) is 0 Å². The van der Waals surface area contributed by atoms with Gasteiger partial charge in [0.1, 0.15) is 12.5 Å². The summed E-state index contributed by atoms with van der Waals surface area (Å²) in [7, 11) is 0. The fraction of sp³-hybridized carbons (Fsp3) is 0.381. The minimum atomic E-state index is -0.782. The highest BCUT2D eigenvalue weighted by Crippen LogP contribution is 2.26. The molecule has 1 amide bonds. The van der Waals surface area contributed by atoms with Crippen molar-refractivity contribution in [2.45, 2.75) is 39.8 Å². The van der Waals surface area contributed by atoms with Crippen molar-refractivity contribution in [1.29, 1.82) is 0 Å². The predicted octanol–water partition coefficient (Wildman–Crippen LogP) is 4.33. The molecule has 4 rings (SSSR count). The molecule has 0 saturated carbocycles. The fourth-order valence-electron chi connectivity index (χ4n) is 3.39. The molecule has 0 unspecified atom stereocenters. The van der Waals surface area contributed by atoms with Crippen LogP contribution in [-0.4, -0.2) is 44.6 Å². The van der Waals surface area contributed by atoms with Crippen LogP contribution in [0, 0.1) is 6.92 Å². The number of carbonyl (C=O) groups is 1. The van der Waals surface area contributed by atoms with Crippen LogP contribution in [0.25, 0.3) is 16.6 Å². The monoisotopic (exact) mass is 368 g/mol. The number of fused-ring (bicyclic) bond motifs is 1. The van der Waals surface area contributed by atoms with Crippen molar-refractivity contribution in [1.82, 2.24) is 19.4 Å². The van der Waals surface area contributed by atoms with Gasteiger partial charge in [-0.1, -0.05) is 13.8 Å². The first-order valence-corrected chi connectivity index (χ1v) is 9.44. The van der Waals surface area contributed by atoms with E-state index in [1.165, 1.54) is 6.33 Å². The Hall–Kier alpha value is -2.76.